The maximum absolute atomic E-state index is 3.75. The highest BCUT2D eigenvalue weighted by Crippen LogP contribution is 2.11. The lowest BCUT2D eigenvalue weighted by atomic mass is 10.0. The molecule has 1 unspecified atom stereocenters. The van der Waals surface area contributed by atoms with Gasteiger partial charge in [0.1, 0.15) is 0 Å². The molecule has 0 amide bonds. The first-order chi connectivity index (χ1) is 6.16. The van der Waals surface area contributed by atoms with Crippen LogP contribution in [0.2, 0.25) is 0 Å². The highest BCUT2D eigenvalue weighted by atomic mass is 14.0. The Bertz CT molecular complexity index is 142. The molecule has 0 aromatic carbocycles. The second-order valence-electron chi connectivity index (χ2n) is 4.31. The van der Waals surface area contributed by atoms with Crippen LogP contribution in [0.25, 0.3) is 0 Å². The normalized spacial score (nSPS) is 13.8. The number of hydrogen-bond donors (Lipinski definition) is 0. The number of allylic oxidation sites excluding steroid dienone is 3. The lowest BCUT2D eigenvalue weighted by Crippen LogP contribution is -1.90. The average molecular weight is 180 g/mol. The summed E-state index contributed by atoms with van der Waals surface area (Å²) in [4.78, 5) is 0. The van der Waals surface area contributed by atoms with Gasteiger partial charge in [-0.05, 0) is 37.5 Å². The van der Waals surface area contributed by atoms with Gasteiger partial charge in [0, 0.05) is 0 Å². The van der Waals surface area contributed by atoms with Crippen molar-refractivity contribution in [2.45, 2.75) is 46.5 Å². The first kappa shape index (κ1) is 12.5. The summed E-state index contributed by atoms with van der Waals surface area (Å²) in [6.07, 6.45) is 11.5. The minimum absolute atomic E-state index is 0.793. The fourth-order valence-corrected chi connectivity index (χ4v) is 1.27. The molecule has 0 saturated carbocycles. The molecule has 1 atom stereocenters. The average Bonchev–Trinajstić information content (AvgIpc) is 2.03. The third kappa shape index (κ3) is 9.39. The largest absolute Gasteiger partial charge is 0.103 e. The van der Waals surface area contributed by atoms with Gasteiger partial charge < -0.3 is 0 Å². The highest BCUT2D eigenvalue weighted by molar-refractivity contribution is 4.83. The fraction of sp³-hybridized carbons (Fsp3) is 0.692. The SMILES string of the molecule is C=CCC(C)CCC=CCC(C)C. The first-order valence-electron chi connectivity index (χ1n) is 5.42. The Balaban J connectivity index is 3.33. The Morgan fingerprint density at radius 1 is 1.08 bits per heavy atom. The van der Waals surface area contributed by atoms with Gasteiger partial charge in [-0.25, -0.2) is 0 Å². The van der Waals surface area contributed by atoms with Crippen LogP contribution in [0.1, 0.15) is 46.5 Å². The molecular formula is C13H24. The van der Waals surface area contributed by atoms with Gasteiger partial charge in [0.15, 0.2) is 0 Å². The first-order valence-corrected chi connectivity index (χ1v) is 5.42. The minimum Gasteiger partial charge on any atom is -0.103 e. The fourth-order valence-electron chi connectivity index (χ4n) is 1.27. The molecule has 0 fully saturated rings. The lowest BCUT2D eigenvalue weighted by Gasteiger charge is -2.05. The van der Waals surface area contributed by atoms with E-state index < -0.39 is 0 Å². The summed E-state index contributed by atoms with van der Waals surface area (Å²) in [6.45, 7) is 10.5. The van der Waals surface area contributed by atoms with Crippen molar-refractivity contribution in [3.05, 3.63) is 24.8 Å². The summed E-state index contributed by atoms with van der Waals surface area (Å²) in [5, 5.41) is 0. The molecule has 0 aliphatic carbocycles. The predicted molar refractivity (Wildman–Crippen MR) is 61.8 cm³/mol. The van der Waals surface area contributed by atoms with E-state index in [-0.39, 0.29) is 0 Å². The molecule has 0 heterocycles. The van der Waals surface area contributed by atoms with Crippen molar-refractivity contribution in [3.8, 4) is 0 Å². The molecule has 0 nitrogen and oxygen atoms in total. The van der Waals surface area contributed by atoms with Gasteiger partial charge in [0.2, 0.25) is 0 Å². The zero-order chi connectivity index (χ0) is 10.1. The molecular weight excluding hydrogens is 156 g/mol. The van der Waals surface area contributed by atoms with Crippen molar-refractivity contribution >= 4 is 0 Å². The third-order valence-corrected chi connectivity index (χ3v) is 2.17. The Labute approximate surface area is 83.7 Å². The van der Waals surface area contributed by atoms with Gasteiger partial charge in [0.05, 0.1) is 0 Å². The molecule has 0 bridgehead atoms. The van der Waals surface area contributed by atoms with Gasteiger partial charge in [-0.2, -0.15) is 0 Å². The maximum atomic E-state index is 3.75. The van der Waals surface area contributed by atoms with Crippen LogP contribution in [0.4, 0.5) is 0 Å². The van der Waals surface area contributed by atoms with E-state index >= 15 is 0 Å². The van der Waals surface area contributed by atoms with E-state index in [1.54, 1.807) is 0 Å². The van der Waals surface area contributed by atoms with E-state index in [9.17, 15) is 0 Å². The molecule has 0 aromatic heterocycles. The van der Waals surface area contributed by atoms with Crippen molar-refractivity contribution in [3.63, 3.8) is 0 Å². The van der Waals surface area contributed by atoms with Gasteiger partial charge in [0.25, 0.3) is 0 Å². The molecule has 0 heteroatoms. The predicted octanol–water partition coefficient (Wildman–Crippen LogP) is 4.58. The standard InChI is InChI=1S/C13H24/c1-5-9-13(4)11-8-6-7-10-12(2)3/h5-7,12-13H,1,8-11H2,2-4H3. The summed E-state index contributed by atoms with van der Waals surface area (Å²) in [7, 11) is 0. The third-order valence-electron chi connectivity index (χ3n) is 2.17. The molecule has 0 rings (SSSR count). The van der Waals surface area contributed by atoms with Crippen LogP contribution in [0.3, 0.4) is 0 Å². The number of rotatable bonds is 7. The Kier molecular flexibility index (Phi) is 7.77. The van der Waals surface area contributed by atoms with Crippen LogP contribution in [0.15, 0.2) is 24.8 Å². The second kappa shape index (κ2) is 8.10. The van der Waals surface area contributed by atoms with E-state index in [2.05, 4.69) is 39.5 Å². The van der Waals surface area contributed by atoms with E-state index in [1.165, 1.54) is 19.3 Å². The van der Waals surface area contributed by atoms with Crippen LogP contribution < -0.4 is 0 Å². The van der Waals surface area contributed by atoms with Crippen LogP contribution in [-0.2, 0) is 0 Å². The van der Waals surface area contributed by atoms with Crippen molar-refractivity contribution in [2.24, 2.45) is 11.8 Å². The van der Waals surface area contributed by atoms with Gasteiger partial charge in [-0.1, -0.05) is 39.0 Å². The summed E-state index contributed by atoms with van der Waals surface area (Å²) < 4.78 is 0. The monoisotopic (exact) mass is 180 g/mol. The second-order valence-corrected chi connectivity index (χ2v) is 4.31. The molecule has 0 N–H and O–H groups in total. The smallest absolute Gasteiger partial charge is 0.0327 e. The summed E-state index contributed by atoms with van der Waals surface area (Å²) in [5.74, 6) is 1.59. The zero-order valence-electron chi connectivity index (χ0n) is 9.42. The summed E-state index contributed by atoms with van der Waals surface area (Å²) in [6, 6.07) is 0. The maximum Gasteiger partial charge on any atom is -0.0327 e. The van der Waals surface area contributed by atoms with Crippen LogP contribution in [0.5, 0.6) is 0 Å². The van der Waals surface area contributed by atoms with Crippen LogP contribution in [0, 0.1) is 11.8 Å². The summed E-state index contributed by atoms with van der Waals surface area (Å²) >= 11 is 0. The zero-order valence-corrected chi connectivity index (χ0v) is 9.42. The lowest BCUT2D eigenvalue weighted by molar-refractivity contribution is 0.546. The molecule has 0 spiro atoms. The topological polar surface area (TPSA) is 0 Å². The molecule has 0 saturated heterocycles. The van der Waals surface area contributed by atoms with E-state index in [0.717, 1.165) is 18.3 Å². The molecule has 0 aromatic rings. The Morgan fingerprint density at radius 2 is 1.77 bits per heavy atom. The van der Waals surface area contributed by atoms with E-state index in [1.807, 2.05) is 6.08 Å². The van der Waals surface area contributed by atoms with E-state index in [4.69, 9.17) is 0 Å². The Morgan fingerprint density at radius 3 is 2.31 bits per heavy atom. The molecule has 13 heavy (non-hydrogen) atoms. The molecule has 0 radical (unpaired) electrons. The molecule has 76 valence electrons. The van der Waals surface area contributed by atoms with Crippen LogP contribution in [-0.4, -0.2) is 0 Å². The molecule has 0 aliphatic rings. The van der Waals surface area contributed by atoms with Crippen molar-refractivity contribution in [2.75, 3.05) is 0 Å². The van der Waals surface area contributed by atoms with Crippen LogP contribution >= 0.6 is 0 Å². The quantitative estimate of drug-likeness (QED) is 0.503. The minimum atomic E-state index is 0.793. The molecule has 0 aliphatic heterocycles. The van der Waals surface area contributed by atoms with Gasteiger partial charge >= 0.3 is 0 Å². The Hall–Kier alpha value is -0.520. The van der Waals surface area contributed by atoms with E-state index in [0.29, 0.717) is 0 Å². The highest BCUT2D eigenvalue weighted by Gasteiger charge is 1.96. The van der Waals surface area contributed by atoms with Gasteiger partial charge in [-0.3, -0.25) is 0 Å². The van der Waals surface area contributed by atoms with Crippen molar-refractivity contribution in [1.29, 1.82) is 0 Å². The number of hydrogen-bond acceptors (Lipinski definition) is 0. The van der Waals surface area contributed by atoms with Gasteiger partial charge in [-0.15, -0.1) is 6.58 Å². The summed E-state index contributed by atoms with van der Waals surface area (Å²) in [5.41, 5.74) is 0. The van der Waals surface area contributed by atoms with Crippen molar-refractivity contribution < 1.29 is 0 Å². The van der Waals surface area contributed by atoms with Crippen molar-refractivity contribution in [1.82, 2.24) is 0 Å².